The summed E-state index contributed by atoms with van der Waals surface area (Å²) in [6.07, 6.45) is 0.591. The van der Waals surface area contributed by atoms with E-state index in [1.54, 1.807) is 84.4 Å². The smallest absolute Gasteiger partial charge is 0.332 e. The molecule has 2 aliphatic heterocycles. The lowest BCUT2D eigenvalue weighted by molar-refractivity contribution is 0.177. The lowest BCUT2D eigenvalue weighted by Gasteiger charge is -2.43. The summed E-state index contributed by atoms with van der Waals surface area (Å²) >= 11 is 25.0. The molecule has 4 aromatic rings. The minimum absolute atomic E-state index is 0.0905. The molecule has 16 nitrogen and oxygen atoms in total. The molecule has 2 aromatic heterocycles. The average Bonchev–Trinajstić information content (AvgIpc) is 3.94. The largest absolute Gasteiger partial charge is 0.393 e. The first-order valence-electron chi connectivity index (χ1n) is 19.0. The summed E-state index contributed by atoms with van der Waals surface area (Å²) in [6.45, 7) is -0.181. The molecule has 0 spiro atoms. The zero-order valence-corrected chi connectivity index (χ0v) is 35.2. The Hall–Kier alpha value is -4.00. The van der Waals surface area contributed by atoms with Crippen molar-refractivity contribution in [1.29, 1.82) is 0 Å². The van der Waals surface area contributed by atoms with E-state index in [0.717, 1.165) is 9.13 Å². The second-order valence-corrected chi connectivity index (χ2v) is 17.3. The van der Waals surface area contributed by atoms with Crippen LogP contribution < -0.4 is 52.9 Å². The molecule has 58 heavy (non-hydrogen) atoms. The van der Waals surface area contributed by atoms with Crippen LogP contribution >= 0.6 is 46.4 Å². The zero-order valence-electron chi connectivity index (χ0n) is 32.2. The quantitative estimate of drug-likeness (QED) is 0.195. The second-order valence-electron chi connectivity index (χ2n) is 15.6. The third-order valence-electron chi connectivity index (χ3n) is 11.8. The van der Waals surface area contributed by atoms with Gasteiger partial charge in [-0.05, 0) is 73.9 Å². The molecule has 2 saturated carbocycles. The van der Waals surface area contributed by atoms with E-state index in [4.69, 9.17) is 46.4 Å². The third-order valence-corrected chi connectivity index (χ3v) is 13.3. The van der Waals surface area contributed by atoms with Crippen LogP contribution in [0.3, 0.4) is 0 Å². The van der Waals surface area contributed by atoms with Crippen molar-refractivity contribution in [2.75, 3.05) is 33.9 Å². The molecule has 2 fully saturated rings. The molecular weight excluding hydrogens is 834 g/mol. The molecule has 0 saturated heterocycles. The maximum absolute atomic E-state index is 14.7. The highest BCUT2D eigenvalue weighted by Crippen LogP contribution is 2.44. The molecule has 4 aliphatic rings. The number of benzene rings is 2. The van der Waals surface area contributed by atoms with Gasteiger partial charge >= 0.3 is 11.4 Å². The lowest BCUT2D eigenvalue weighted by Crippen LogP contribution is -2.67. The molecule has 2 aliphatic carbocycles. The standard InChI is InChI=1S/C38H44Cl4N10O6/c1-45-29-31(47(3)37(57)49(33(29)55)17-19-5-11-25(39)27(41)13-19)51(35(45)43-21-7-9-23(53)15-21)52-32-30(46(2)36(52)44-22-8-10-24(54)16-22)34(56)50(38(58)48(32)4)18-20-6-12-26(40)28(42)14-20/h5-6,11-14,21-24,35-36,43-44,53-54H,7-10,15-18H2,1-4H3/t21-,22+,23-,24+,35?,36?. The molecular formula is C38H44Cl4N10O6. The molecule has 8 rings (SSSR count). The monoisotopic (exact) mass is 876 g/mol. The van der Waals surface area contributed by atoms with Crippen molar-refractivity contribution < 1.29 is 10.2 Å². The molecule has 20 heteroatoms. The summed E-state index contributed by atoms with van der Waals surface area (Å²) in [5.41, 5.74) is -0.842. The van der Waals surface area contributed by atoms with Gasteiger partial charge in [0.05, 0.1) is 45.4 Å². The lowest BCUT2D eigenvalue weighted by atomic mass is 10.2. The van der Waals surface area contributed by atoms with Crippen LogP contribution in [0.4, 0.5) is 23.0 Å². The fourth-order valence-corrected chi connectivity index (χ4v) is 9.43. The van der Waals surface area contributed by atoms with Gasteiger partial charge in [0, 0.05) is 40.3 Å². The Morgan fingerprint density at radius 2 is 0.966 bits per heavy atom. The minimum atomic E-state index is -0.851. The number of halogens is 4. The van der Waals surface area contributed by atoms with Crippen molar-refractivity contribution in [3.63, 3.8) is 0 Å². The molecule has 0 amide bonds. The van der Waals surface area contributed by atoms with Crippen molar-refractivity contribution in [3.8, 4) is 0 Å². The number of hydrogen-bond donors (Lipinski definition) is 4. The summed E-state index contributed by atoms with van der Waals surface area (Å²) in [7, 11) is 6.61. The first-order valence-corrected chi connectivity index (χ1v) is 20.5. The summed E-state index contributed by atoms with van der Waals surface area (Å²) in [6, 6.07) is 9.44. The van der Waals surface area contributed by atoms with Crippen molar-refractivity contribution in [1.82, 2.24) is 28.9 Å². The highest BCUT2D eigenvalue weighted by atomic mass is 35.5. The fraction of sp³-hybridized carbons (Fsp3) is 0.474. The SMILES string of the molecule is CN1c2c(n(C)c(=O)n(Cc3ccc(Cl)c(Cl)c3)c2=O)N(N2c3c(c(=O)n(Cc4ccc(Cl)c(Cl)c4)c(=O)n3C)N(C)C2N[C@H]2CC[C@H](O)C2)C1N[C@@H]1CC[C@@H](O)C1. The molecule has 310 valence electrons. The number of aliphatic hydroxyl groups is 2. The Bertz CT molecular complexity index is 2370. The van der Waals surface area contributed by atoms with Crippen molar-refractivity contribution in [2.45, 2.75) is 88.5 Å². The van der Waals surface area contributed by atoms with Gasteiger partial charge in [0.2, 0.25) is 0 Å². The van der Waals surface area contributed by atoms with Crippen molar-refractivity contribution >= 4 is 69.4 Å². The van der Waals surface area contributed by atoms with Crippen LogP contribution in [0.5, 0.6) is 0 Å². The topological polar surface area (TPSA) is 165 Å². The number of nitrogens with zero attached hydrogens (tertiary/aromatic N) is 8. The minimum Gasteiger partial charge on any atom is -0.393 e. The van der Waals surface area contributed by atoms with E-state index < -0.39 is 47.3 Å². The van der Waals surface area contributed by atoms with Crippen LogP contribution in [0.2, 0.25) is 20.1 Å². The van der Waals surface area contributed by atoms with Gasteiger partial charge in [0.25, 0.3) is 11.1 Å². The molecule has 0 bridgehead atoms. The highest BCUT2D eigenvalue weighted by Gasteiger charge is 2.52. The summed E-state index contributed by atoms with van der Waals surface area (Å²) in [4.78, 5) is 61.6. The van der Waals surface area contributed by atoms with Gasteiger partial charge in [0.1, 0.15) is 11.4 Å². The zero-order chi connectivity index (χ0) is 41.5. The Balaban J connectivity index is 1.33. The Labute approximate surface area is 352 Å². The number of anilines is 4. The normalized spacial score (nSPS) is 24.0. The maximum atomic E-state index is 14.7. The van der Waals surface area contributed by atoms with Crippen LogP contribution in [-0.2, 0) is 27.2 Å². The molecule has 0 radical (unpaired) electrons. The molecule has 6 atom stereocenters. The van der Waals surface area contributed by atoms with E-state index in [1.807, 2.05) is 0 Å². The molecule has 4 heterocycles. The van der Waals surface area contributed by atoms with Crippen LogP contribution in [0.1, 0.15) is 49.7 Å². The first-order chi connectivity index (χ1) is 27.5. The van der Waals surface area contributed by atoms with E-state index in [9.17, 15) is 29.4 Å². The number of hydrogen-bond acceptors (Lipinski definition) is 12. The number of aliphatic hydroxyl groups excluding tert-OH is 2. The van der Waals surface area contributed by atoms with Crippen LogP contribution in [0, 0.1) is 0 Å². The molecule has 2 aromatic carbocycles. The molecule has 2 unspecified atom stereocenters. The summed E-state index contributed by atoms with van der Waals surface area (Å²) in [5, 5.41) is 33.1. The Morgan fingerprint density at radius 3 is 1.29 bits per heavy atom. The van der Waals surface area contributed by atoms with Gasteiger partial charge in [-0.1, -0.05) is 58.5 Å². The number of hydrazine groups is 1. The van der Waals surface area contributed by atoms with E-state index in [0.29, 0.717) is 59.7 Å². The van der Waals surface area contributed by atoms with Crippen LogP contribution in [0.25, 0.3) is 0 Å². The van der Waals surface area contributed by atoms with Crippen molar-refractivity contribution in [3.05, 3.63) is 109 Å². The summed E-state index contributed by atoms with van der Waals surface area (Å²) in [5.74, 6) is 0.428. The Morgan fingerprint density at radius 1 is 0.586 bits per heavy atom. The fourth-order valence-electron chi connectivity index (χ4n) is 8.79. The van der Waals surface area contributed by atoms with Crippen molar-refractivity contribution in [2.24, 2.45) is 14.1 Å². The highest BCUT2D eigenvalue weighted by molar-refractivity contribution is 6.42. The van der Waals surface area contributed by atoms with Gasteiger partial charge in [-0.2, -0.15) is 0 Å². The average molecular weight is 879 g/mol. The second kappa shape index (κ2) is 15.6. The number of fused-ring (bicyclic) bond motifs is 2. The Kier molecular flexibility index (Phi) is 10.9. The first kappa shape index (κ1) is 40.8. The van der Waals surface area contributed by atoms with E-state index in [-0.39, 0.29) is 58.2 Å². The predicted molar refractivity (Wildman–Crippen MR) is 226 cm³/mol. The number of aromatic nitrogens is 4. The maximum Gasteiger partial charge on any atom is 0.332 e. The summed E-state index contributed by atoms with van der Waals surface area (Å²) < 4.78 is 5.03. The van der Waals surface area contributed by atoms with Gasteiger partial charge in [-0.15, -0.1) is 0 Å². The van der Waals surface area contributed by atoms with Gasteiger partial charge in [0.15, 0.2) is 24.2 Å². The third kappa shape index (κ3) is 6.90. The predicted octanol–water partition coefficient (Wildman–Crippen LogP) is 2.82. The number of nitrogens with one attached hydrogen (secondary N) is 2. The van der Waals surface area contributed by atoms with Gasteiger partial charge in [-0.3, -0.25) is 38.5 Å². The van der Waals surface area contributed by atoms with Gasteiger partial charge < -0.3 is 20.0 Å². The van der Waals surface area contributed by atoms with E-state index in [1.165, 1.54) is 9.13 Å². The van der Waals surface area contributed by atoms with E-state index >= 15 is 0 Å². The van der Waals surface area contributed by atoms with Gasteiger partial charge in [-0.25, -0.2) is 19.6 Å². The molecule has 4 N–H and O–H groups in total. The number of rotatable bonds is 9. The van der Waals surface area contributed by atoms with Crippen LogP contribution in [0.15, 0.2) is 55.6 Å². The van der Waals surface area contributed by atoms with E-state index in [2.05, 4.69) is 10.6 Å². The van der Waals surface area contributed by atoms with Crippen LogP contribution in [-0.4, -0.2) is 79.4 Å².